The molecule has 0 aliphatic carbocycles. The topological polar surface area (TPSA) is 26.3 Å². The smallest absolute Gasteiger partial charge is 0.338 e. The van der Waals surface area contributed by atoms with Gasteiger partial charge in [-0.1, -0.05) is 24.8 Å². The summed E-state index contributed by atoms with van der Waals surface area (Å²) in [6.45, 7) is 5.75. The van der Waals surface area contributed by atoms with Crippen LogP contribution in [0.15, 0.2) is 42.5 Å². The van der Waals surface area contributed by atoms with Gasteiger partial charge in [-0.3, -0.25) is 0 Å². The van der Waals surface area contributed by atoms with Crippen LogP contribution in [-0.2, 0) is 4.74 Å². The number of hydrogen-bond acceptors (Lipinski definition) is 2. The van der Waals surface area contributed by atoms with Crippen molar-refractivity contribution < 1.29 is 9.53 Å². The van der Waals surface area contributed by atoms with Crippen molar-refractivity contribution in [2.75, 3.05) is 6.61 Å². The maximum absolute atomic E-state index is 11.3. The van der Waals surface area contributed by atoms with Gasteiger partial charge in [0.15, 0.2) is 0 Å². The van der Waals surface area contributed by atoms with Crippen LogP contribution in [0.1, 0.15) is 17.3 Å². The molecule has 0 amide bonds. The lowest BCUT2D eigenvalue weighted by Gasteiger charge is -2.03. The summed E-state index contributed by atoms with van der Waals surface area (Å²) < 4.78 is 4.95. The standard InChI is InChI=1S/C11H12O2/c1-9(2)8-13-11(12)10-6-4-3-5-7-10/h3-7H,1,8H2,2H3. The first-order valence-corrected chi connectivity index (χ1v) is 4.06. The predicted octanol–water partition coefficient (Wildman–Crippen LogP) is 2.42. The van der Waals surface area contributed by atoms with E-state index in [-0.39, 0.29) is 12.6 Å². The molecule has 0 unspecified atom stereocenters. The second-order valence-corrected chi connectivity index (χ2v) is 2.90. The molecule has 0 aliphatic heterocycles. The maximum Gasteiger partial charge on any atom is 0.338 e. The lowest BCUT2D eigenvalue weighted by molar-refractivity contribution is 0.0540. The van der Waals surface area contributed by atoms with E-state index in [1.165, 1.54) is 0 Å². The van der Waals surface area contributed by atoms with Crippen molar-refractivity contribution in [3.05, 3.63) is 48.0 Å². The van der Waals surface area contributed by atoms with E-state index >= 15 is 0 Å². The molecule has 1 aromatic rings. The first-order chi connectivity index (χ1) is 6.20. The SMILES string of the molecule is C=C(C)COC(=O)c1ccccc1. The third-order valence-corrected chi connectivity index (χ3v) is 1.46. The quantitative estimate of drug-likeness (QED) is 0.522. The Hall–Kier alpha value is -1.57. The summed E-state index contributed by atoms with van der Waals surface area (Å²) in [7, 11) is 0. The van der Waals surface area contributed by atoms with Crippen molar-refractivity contribution in [2.24, 2.45) is 0 Å². The number of hydrogen-bond donors (Lipinski definition) is 0. The summed E-state index contributed by atoms with van der Waals surface area (Å²) in [6, 6.07) is 8.91. The highest BCUT2D eigenvalue weighted by molar-refractivity contribution is 5.89. The van der Waals surface area contributed by atoms with E-state index in [0.717, 1.165) is 5.57 Å². The zero-order valence-electron chi connectivity index (χ0n) is 7.62. The van der Waals surface area contributed by atoms with E-state index in [0.29, 0.717) is 5.56 Å². The number of benzene rings is 1. The Kier molecular flexibility index (Phi) is 3.26. The minimum Gasteiger partial charge on any atom is -0.458 e. The van der Waals surface area contributed by atoms with Crippen LogP contribution < -0.4 is 0 Å². The van der Waals surface area contributed by atoms with Crippen molar-refractivity contribution >= 4 is 5.97 Å². The summed E-state index contributed by atoms with van der Waals surface area (Å²) in [5.74, 6) is -0.302. The van der Waals surface area contributed by atoms with Crippen molar-refractivity contribution in [1.82, 2.24) is 0 Å². The van der Waals surface area contributed by atoms with E-state index < -0.39 is 0 Å². The number of carbonyl (C=O) groups excluding carboxylic acids is 1. The Labute approximate surface area is 77.8 Å². The van der Waals surface area contributed by atoms with Gasteiger partial charge in [0.05, 0.1) is 5.56 Å². The summed E-state index contributed by atoms with van der Waals surface area (Å²) in [6.07, 6.45) is 0. The molecule has 0 fully saturated rings. The minimum absolute atomic E-state index is 0.285. The van der Waals surface area contributed by atoms with E-state index in [1.807, 2.05) is 13.0 Å². The lowest BCUT2D eigenvalue weighted by Crippen LogP contribution is -2.06. The first kappa shape index (κ1) is 9.52. The monoisotopic (exact) mass is 176 g/mol. The molecule has 0 spiro atoms. The Bertz CT molecular complexity index is 301. The molecule has 0 radical (unpaired) electrons. The lowest BCUT2D eigenvalue weighted by atomic mass is 10.2. The Morgan fingerprint density at radius 3 is 2.54 bits per heavy atom. The Morgan fingerprint density at radius 2 is 2.00 bits per heavy atom. The third-order valence-electron chi connectivity index (χ3n) is 1.46. The van der Waals surface area contributed by atoms with Gasteiger partial charge in [-0.15, -0.1) is 0 Å². The fourth-order valence-corrected chi connectivity index (χ4v) is 0.846. The van der Waals surface area contributed by atoms with Crippen molar-refractivity contribution in [2.45, 2.75) is 6.92 Å². The van der Waals surface area contributed by atoms with Crippen LogP contribution in [0.3, 0.4) is 0 Å². The average Bonchev–Trinajstić information content (AvgIpc) is 2.15. The number of rotatable bonds is 3. The molecule has 0 N–H and O–H groups in total. The van der Waals surface area contributed by atoms with E-state index in [4.69, 9.17) is 4.74 Å². The second-order valence-electron chi connectivity index (χ2n) is 2.90. The second kappa shape index (κ2) is 4.45. The molecule has 1 rings (SSSR count). The van der Waals surface area contributed by atoms with Gasteiger partial charge in [0.2, 0.25) is 0 Å². The molecule has 2 nitrogen and oxygen atoms in total. The van der Waals surface area contributed by atoms with E-state index in [9.17, 15) is 4.79 Å². The number of esters is 1. The molecule has 2 heteroatoms. The highest BCUT2D eigenvalue weighted by Gasteiger charge is 2.04. The minimum atomic E-state index is -0.302. The molecule has 13 heavy (non-hydrogen) atoms. The fourth-order valence-electron chi connectivity index (χ4n) is 0.846. The van der Waals surface area contributed by atoms with Gasteiger partial charge in [-0.2, -0.15) is 0 Å². The van der Waals surface area contributed by atoms with Crippen LogP contribution in [-0.4, -0.2) is 12.6 Å². The molecule has 0 aliphatic rings. The summed E-state index contributed by atoms with van der Waals surface area (Å²) in [4.78, 5) is 11.3. The van der Waals surface area contributed by atoms with Crippen molar-refractivity contribution in [3.8, 4) is 0 Å². The zero-order valence-corrected chi connectivity index (χ0v) is 7.62. The van der Waals surface area contributed by atoms with Crippen LogP contribution in [0.2, 0.25) is 0 Å². The van der Waals surface area contributed by atoms with Gasteiger partial charge >= 0.3 is 5.97 Å². The Morgan fingerprint density at radius 1 is 1.38 bits per heavy atom. The van der Waals surface area contributed by atoms with E-state index in [2.05, 4.69) is 6.58 Å². The average molecular weight is 176 g/mol. The highest BCUT2D eigenvalue weighted by atomic mass is 16.5. The first-order valence-electron chi connectivity index (χ1n) is 4.06. The molecule has 68 valence electrons. The summed E-state index contributed by atoms with van der Waals surface area (Å²) in [5, 5.41) is 0. The highest BCUT2D eigenvalue weighted by Crippen LogP contribution is 2.01. The van der Waals surface area contributed by atoms with Gasteiger partial charge in [-0.25, -0.2) is 4.79 Å². The van der Waals surface area contributed by atoms with Crippen LogP contribution in [0.25, 0.3) is 0 Å². The Balaban J connectivity index is 2.54. The van der Waals surface area contributed by atoms with Gasteiger partial charge in [0, 0.05) is 0 Å². The summed E-state index contributed by atoms with van der Waals surface area (Å²) >= 11 is 0. The molecule has 0 heterocycles. The van der Waals surface area contributed by atoms with Crippen LogP contribution in [0, 0.1) is 0 Å². The largest absolute Gasteiger partial charge is 0.458 e. The van der Waals surface area contributed by atoms with Crippen LogP contribution in [0.5, 0.6) is 0 Å². The maximum atomic E-state index is 11.3. The predicted molar refractivity (Wildman–Crippen MR) is 51.5 cm³/mol. The molecular weight excluding hydrogens is 164 g/mol. The fraction of sp³-hybridized carbons (Fsp3) is 0.182. The normalized spacial score (nSPS) is 9.31. The van der Waals surface area contributed by atoms with Gasteiger partial charge in [0.1, 0.15) is 6.61 Å². The van der Waals surface area contributed by atoms with Crippen molar-refractivity contribution in [1.29, 1.82) is 0 Å². The molecular formula is C11H12O2. The van der Waals surface area contributed by atoms with Crippen LogP contribution >= 0.6 is 0 Å². The molecule has 0 aromatic heterocycles. The van der Waals surface area contributed by atoms with Crippen molar-refractivity contribution in [3.63, 3.8) is 0 Å². The van der Waals surface area contributed by atoms with Gasteiger partial charge in [-0.05, 0) is 24.6 Å². The van der Waals surface area contributed by atoms with E-state index in [1.54, 1.807) is 24.3 Å². The van der Waals surface area contributed by atoms with Gasteiger partial charge < -0.3 is 4.74 Å². The molecule has 0 saturated heterocycles. The third kappa shape index (κ3) is 3.11. The molecule has 0 saturated carbocycles. The number of ether oxygens (including phenoxy) is 1. The molecule has 0 bridgehead atoms. The molecule has 0 atom stereocenters. The zero-order chi connectivity index (χ0) is 9.68. The number of carbonyl (C=O) groups is 1. The molecule has 1 aromatic carbocycles. The summed E-state index contributed by atoms with van der Waals surface area (Å²) in [5.41, 5.74) is 1.41. The van der Waals surface area contributed by atoms with Crippen LogP contribution in [0.4, 0.5) is 0 Å². The van der Waals surface area contributed by atoms with Gasteiger partial charge in [0.25, 0.3) is 0 Å².